The number of carbonyl (C=O) groups excluding carboxylic acids is 4. The lowest BCUT2D eigenvalue weighted by molar-refractivity contribution is -0.179. The van der Waals surface area contributed by atoms with Gasteiger partial charge >= 0.3 is 12.1 Å². The number of rotatable bonds is 7. The second-order valence-electron chi connectivity index (χ2n) is 15.6. The molecule has 0 radical (unpaired) electrons. The van der Waals surface area contributed by atoms with E-state index in [1.54, 1.807) is 13.8 Å². The van der Waals surface area contributed by atoms with Crippen molar-refractivity contribution in [2.45, 2.75) is 109 Å². The number of likely N-dealkylation sites (tertiary alicyclic amines) is 1. The number of amides is 4. The van der Waals surface area contributed by atoms with Gasteiger partial charge in [-0.05, 0) is 87.4 Å². The zero-order chi connectivity index (χ0) is 32.0. The summed E-state index contributed by atoms with van der Waals surface area (Å²) in [5.41, 5.74) is -1.73. The molecule has 2 saturated heterocycles. The Morgan fingerprint density at radius 1 is 1.07 bits per heavy atom. The molecule has 5 saturated carbocycles. The maximum absolute atomic E-state index is 14.4. The molecule has 0 aromatic heterocycles. The van der Waals surface area contributed by atoms with Crippen LogP contribution in [0.1, 0.15) is 72.6 Å². The van der Waals surface area contributed by atoms with Crippen molar-refractivity contribution in [1.29, 1.82) is 5.26 Å². The molecule has 13 heteroatoms. The maximum Gasteiger partial charge on any atom is 0.471 e. The minimum atomic E-state index is -5.16. The van der Waals surface area contributed by atoms with Gasteiger partial charge in [0.1, 0.15) is 24.2 Å². The number of hydrogen-bond donors (Lipinski definition) is 3. The highest BCUT2D eigenvalue weighted by Crippen LogP contribution is 2.66. The Bertz CT molecular complexity index is 1260. The molecule has 1 unspecified atom stereocenters. The summed E-state index contributed by atoms with van der Waals surface area (Å²) in [6.45, 7) is 8.05. The van der Waals surface area contributed by atoms with Crippen LogP contribution in [-0.2, 0) is 23.9 Å². The predicted molar refractivity (Wildman–Crippen MR) is 149 cm³/mol. The van der Waals surface area contributed by atoms with E-state index in [4.69, 9.17) is 4.74 Å². The van der Waals surface area contributed by atoms with Crippen LogP contribution in [0, 0.1) is 51.8 Å². The average Bonchev–Trinajstić information content (AvgIpc) is 3.24. The Balaban J connectivity index is 1.25. The first kappa shape index (κ1) is 31.1. The van der Waals surface area contributed by atoms with E-state index in [0.29, 0.717) is 43.6 Å². The molecule has 7 rings (SSSR count). The highest BCUT2D eigenvalue weighted by Gasteiger charge is 2.70. The molecule has 3 N–H and O–H groups in total. The van der Waals surface area contributed by atoms with Crippen molar-refractivity contribution < 1.29 is 37.1 Å². The van der Waals surface area contributed by atoms with Gasteiger partial charge in [-0.2, -0.15) is 18.4 Å². The van der Waals surface area contributed by atoms with Crippen molar-refractivity contribution in [3.8, 4) is 6.07 Å². The average molecular weight is 622 g/mol. The van der Waals surface area contributed by atoms with Gasteiger partial charge in [0.2, 0.25) is 17.7 Å². The largest absolute Gasteiger partial charge is 0.471 e. The standard InChI is InChI=1S/C31H42F3N5O5/c1-28(2)14-36-24(40)20(44-28)8-18(12-35)37-25(41)22-21-19(29(21,3)4)13-39(22)26(42)23(38-27(43)31(32,33)34)30-9-15-5-16(10-30)7-17(6-15)11-30/h15-23H,5-11,13-14H2,1-4H3,(H,36,40)(H,37,41)(H,38,43)/t15?,16?,17?,18-,19-,20-,21-,22-,23?,30?/m0/s1. The third kappa shape index (κ3) is 5.35. The van der Waals surface area contributed by atoms with Gasteiger partial charge in [-0.15, -0.1) is 0 Å². The van der Waals surface area contributed by atoms with Crippen LogP contribution >= 0.6 is 0 Å². The first-order valence-electron chi connectivity index (χ1n) is 15.8. The van der Waals surface area contributed by atoms with Crippen molar-refractivity contribution in [3.05, 3.63) is 0 Å². The second-order valence-corrected chi connectivity index (χ2v) is 15.6. The summed E-state index contributed by atoms with van der Waals surface area (Å²) >= 11 is 0. The van der Waals surface area contributed by atoms with Gasteiger partial charge in [0.05, 0.1) is 11.7 Å². The number of piperidine rings is 1. The fourth-order valence-electron chi connectivity index (χ4n) is 9.86. The molecular formula is C31H42F3N5O5. The molecular weight excluding hydrogens is 579 g/mol. The smallest absolute Gasteiger partial charge is 0.361 e. The van der Waals surface area contributed by atoms with E-state index in [0.717, 1.165) is 19.3 Å². The summed E-state index contributed by atoms with van der Waals surface area (Å²) < 4.78 is 46.6. The zero-order valence-corrected chi connectivity index (χ0v) is 25.6. The number of nitrogens with zero attached hydrogens (tertiary/aromatic N) is 2. The van der Waals surface area contributed by atoms with E-state index >= 15 is 0 Å². The summed E-state index contributed by atoms with van der Waals surface area (Å²) in [7, 11) is 0. The molecule has 4 amide bonds. The lowest BCUT2D eigenvalue weighted by atomic mass is 9.47. The molecule has 7 fully saturated rings. The summed E-state index contributed by atoms with van der Waals surface area (Å²) in [5, 5.41) is 17.5. The molecule has 5 aliphatic carbocycles. The first-order chi connectivity index (χ1) is 20.4. The van der Waals surface area contributed by atoms with Gasteiger partial charge < -0.3 is 25.6 Å². The summed E-state index contributed by atoms with van der Waals surface area (Å²) in [5.74, 6) is -3.16. The third-order valence-corrected chi connectivity index (χ3v) is 11.6. The van der Waals surface area contributed by atoms with Crippen LogP contribution in [0.25, 0.3) is 0 Å². The molecule has 44 heavy (non-hydrogen) atoms. The third-order valence-electron chi connectivity index (χ3n) is 11.6. The monoisotopic (exact) mass is 621 g/mol. The van der Waals surface area contributed by atoms with Crippen molar-refractivity contribution in [2.24, 2.45) is 40.4 Å². The normalized spacial score (nSPS) is 39.0. The molecule has 2 heterocycles. The van der Waals surface area contributed by atoms with E-state index in [1.165, 1.54) is 4.90 Å². The van der Waals surface area contributed by atoms with Crippen LogP contribution in [-0.4, -0.2) is 77.6 Å². The number of carbonyl (C=O) groups is 4. The van der Waals surface area contributed by atoms with Gasteiger partial charge in [-0.1, -0.05) is 13.8 Å². The van der Waals surface area contributed by atoms with E-state index in [-0.39, 0.29) is 30.2 Å². The Morgan fingerprint density at radius 2 is 1.66 bits per heavy atom. The molecule has 2 aliphatic heterocycles. The van der Waals surface area contributed by atoms with E-state index in [2.05, 4.69) is 16.0 Å². The van der Waals surface area contributed by atoms with Gasteiger partial charge in [0, 0.05) is 24.9 Å². The molecule has 6 atom stereocenters. The van der Waals surface area contributed by atoms with Crippen LogP contribution in [0.5, 0.6) is 0 Å². The lowest BCUT2D eigenvalue weighted by Gasteiger charge is -2.59. The van der Waals surface area contributed by atoms with Crippen LogP contribution in [0.4, 0.5) is 13.2 Å². The Kier molecular flexibility index (Phi) is 7.30. The number of halogens is 3. The Hall–Kier alpha value is -2.88. The van der Waals surface area contributed by atoms with Crippen molar-refractivity contribution in [1.82, 2.24) is 20.9 Å². The van der Waals surface area contributed by atoms with Gasteiger partial charge in [-0.3, -0.25) is 19.2 Å². The first-order valence-corrected chi connectivity index (χ1v) is 15.8. The van der Waals surface area contributed by atoms with Crippen LogP contribution < -0.4 is 16.0 Å². The van der Waals surface area contributed by atoms with Crippen LogP contribution in [0.15, 0.2) is 0 Å². The van der Waals surface area contributed by atoms with E-state index in [1.807, 2.05) is 19.9 Å². The molecule has 0 spiro atoms. The number of alkyl halides is 3. The predicted octanol–water partition coefficient (Wildman–Crippen LogP) is 2.42. The Morgan fingerprint density at radius 3 is 2.20 bits per heavy atom. The second kappa shape index (κ2) is 10.3. The molecule has 10 nitrogen and oxygen atoms in total. The van der Waals surface area contributed by atoms with Gasteiger partial charge in [0.15, 0.2) is 0 Å². The molecule has 0 aromatic carbocycles. The molecule has 0 aromatic rings. The topological polar surface area (TPSA) is 141 Å². The number of morpholine rings is 1. The number of nitriles is 1. The minimum Gasteiger partial charge on any atom is -0.361 e. The SMILES string of the molecule is CC1(C)CNC(=O)[C@H](C[C@@H](C#N)NC(=O)[C@@H]2[C@@H]3[C@H](CN2C(=O)C(NC(=O)C(F)(F)F)C24CC5CC(CC(C5)C2)C4)C3(C)C)O1. The number of fused-ring (bicyclic) bond motifs is 1. The molecule has 242 valence electrons. The minimum absolute atomic E-state index is 0.0497. The summed E-state index contributed by atoms with van der Waals surface area (Å²) in [6, 6.07) is -1.49. The zero-order valence-electron chi connectivity index (χ0n) is 25.6. The van der Waals surface area contributed by atoms with Crippen molar-refractivity contribution >= 4 is 23.6 Å². The quantitative estimate of drug-likeness (QED) is 0.399. The van der Waals surface area contributed by atoms with Gasteiger partial charge in [0.25, 0.3) is 0 Å². The highest BCUT2D eigenvalue weighted by molar-refractivity contribution is 5.95. The number of hydrogen-bond acceptors (Lipinski definition) is 6. The van der Waals surface area contributed by atoms with Gasteiger partial charge in [-0.25, -0.2) is 0 Å². The van der Waals surface area contributed by atoms with Crippen molar-refractivity contribution in [2.75, 3.05) is 13.1 Å². The molecule has 4 bridgehead atoms. The fourth-order valence-corrected chi connectivity index (χ4v) is 9.86. The van der Waals surface area contributed by atoms with E-state index < -0.39 is 65.1 Å². The molecule has 7 aliphatic rings. The van der Waals surface area contributed by atoms with Crippen LogP contribution in [0.2, 0.25) is 0 Å². The van der Waals surface area contributed by atoms with E-state index in [9.17, 15) is 37.6 Å². The Labute approximate surface area is 255 Å². The summed E-state index contributed by atoms with van der Waals surface area (Å²) in [6.07, 6.45) is -1.51. The van der Waals surface area contributed by atoms with Crippen molar-refractivity contribution in [3.63, 3.8) is 0 Å². The summed E-state index contributed by atoms with van der Waals surface area (Å²) in [4.78, 5) is 54.5. The maximum atomic E-state index is 14.4. The number of ether oxygens (including phenoxy) is 1. The van der Waals surface area contributed by atoms with Crippen LogP contribution in [0.3, 0.4) is 0 Å². The number of nitrogens with one attached hydrogen (secondary N) is 3. The lowest BCUT2D eigenvalue weighted by Crippen LogP contribution is -2.65. The highest BCUT2D eigenvalue weighted by atomic mass is 19.4. The fraction of sp³-hybridized carbons (Fsp3) is 0.839.